The largest absolute Gasteiger partial charge is 0.463 e. The van der Waals surface area contributed by atoms with E-state index >= 15 is 0 Å². The van der Waals surface area contributed by atoms with E-state index in [1.807, 2.05) is 26.0 Å². The summed E-state index contributed by atoms with van der Waals surface area (Å²) in [5.74, 6) is 0.514. The summed E-state index contributed by atoms with van der Waals surface area (Å²) in [4.78, 5) is 11.9. The number of aryl methyl sites for hydroxylation is 2. The van der Waals surface area contributed by atoms with Gasteiger partial charge in [0, 0.05) is 0 Å². The maximum Gasteiger partial charge on any atom is 0.244 e. The van der Waals surface area contributed by atoms with Crippen molar-refractivity contribution in [3.05, 3.63) is 59.0 Å². The molecule has 20 heavy (non-hydrogen) atoms. The molecule has 0 spiro atoms. The second-order valence-electron chi connectivity index (χ2n) is 4.82. The zero-order valence-electron chi connectivity index (χ0n) is 11.9. The Bertz CT molecular complexity index is 628. The van der Waals surface area contributed by atoms with Gasteiger partial charge in [-0.25, -0.2) is 5.43 Å². The molecule has 0 aliphatic carbocycles. The summed E-state index contributed by atoms with van der Waals surface area (Å²) in [6, 6.07) is 9.64. The maximum atomic E-state index is 11.9. The van der Waals surface area contributed by atoms with Crippen molar-refractivity contribution in [3.8, 4) is 0 Å². The smallest absolute Gasteiger partial charge is 0.244 e. The third kappa shape index (κ3) is 3.57. The van der Waals surface area contributed by atoms with Crippen LogP contribution in [0.4, 0.5) is 0 Å². The molecule has 2 rings (SSSR count). The van der Waals surface area contributed by atoms with Crippen LogP contribution in [0.1, 0.15) is 29.4 Å². The molecule has 0 bridgehead atoms. The number of hydrogen-bond donors (Lipinski definition) is 1. The number of nitrogens with zero attached hydrogens (tertiary/aromatic N) is 1. The summed E-state index contributed by atoms with van der Waals surface area (Å²) in [6.07, 6.45) is 1.90. The Morgan fingerprint density at radius 2 is 2.10 bits per heavy atom. The van der Waals surface area contributed by atoms with Gasteiger partial charge in [0.25, 0.3) is 0 Å². The van der Waals surface area contributed by atoms with Gasteiger partial charge in [0.1, 0.15) is 11.5 Å². The number of carbonyl (C=O) groups is 1. The van der Waals surface area contributed by atoms with Gasteiger partial charge >= 0.3 is 0 Å². The monoisotopic (exact) mass is 270 g/mol. The Morgan fingerprint density at radius 1 is 1.30 bits per heavy atom. The highest BCUT2D eigenvalue weighted by atomic mass is 16.3. The number of rotatable bonds is 4. The van der Waals surface area contributed by atoms with Crippen LogP contribution in [-0.2, 0) is 11.2 Å². The van der Waals surface area contributed by atoms with Crippen molar-refractivity contribution < 1.29 is 9.21 Å². The molecule has 0 fully saturated rings. The van der Waals surface area contributed by atoms with Crippen LogP contribution in [0, 0.1) is 13.8 Å². The summed E-state index contributed by atoms with van der Waals surface area (Å²) in [7, 11) is 0. The minimum absolute atomic E-state index is 0.136. The molecule has 1 N–H and O–H groups in total. The van der Waals surface area contributed by atoms with Crippen molar-refractivity contribution in [1.82, 2.24) is 5.43 Å². The van der Waals surface area contributed by atoms with Crippen LogP contribution in [0.2, 0.25) is 0 Å². The first-order valence-electron chi connectivity index (χ1n) is 6.49. The minimum Gasteiger partial charge on any atom is -0.463 e. The Labute approximate surface area is 118 Å². The van der Waals surface area contributed by atoms with E-state index in [-0.39, 0.29) is 5.91 Å². The van der Waals surface area contributed by atoms with E-state index in [9.17, 15) is 4.79 Å². The average molecular weight is 270 g/mol. The van der Waals surface area contributed by atoms with Crippen LogP contribution in [0.3, 0.4) is 0 Å². The molecule has 4 nitrogen and oxygen atoms in total. The van der Waals surface area contributed by atoms with Gasteiger partial charge < -0.3 is 4.42 Å². The summed E-state index contributed by atoms with van der Waals surface area (Å²) in [5.41, 5.74) is 6.52. The fourth-order valence-electron chi connectivity index (χ4n) is 1.94. The summed E-state index contributed by atoms with van der Waals surface area (Å²) < 4.78 is 5.20. The van der Waals surface area contributed by atoms with Crippen molar-refractivity contribution in [2.45, 2.75) is 27.2 Å². The van der Waals surface area contributed by atoms with E-state index in [0.717, 1.165) is 11.1 Å². The molecule has 1 amide bonds. The van der Waals surface area contributed by atoms with Crippen LogP contribution in [-0.4, -0.2) is 11.6 Å². The topological polar surface area (TPSA) is 54.6 Å². The molecule has 1 heterocycles. The zero-order chi connectivity index (χ0) is 14.5. The summed E-state index contributed by atoms with van der Waals surface area (Å²) in [6.45, 7) is 5.83. The molecule has 0 saturated carbocycles. The molecule has 2 aromatic rings. The van der Waals surface area contributed by atoms with Crippen LogP contribution in [0.25, 0.3) is 0 Å². The van der Waals surface area contributed by atoms with Gasteiger partial charge in [-0.1, -0.05) is 23.8 Å². The van der Waals surface area contributed by atoms with Crippen LogP contribution >= 0.6 is 0 Å². The Morgan fingerprint density at radius 3 is 2.75 bits per heavy atom. The lowest BCUT2D eigenvalue weighted by molar-refractivity contribution is -0.120. The first kappa shape index (κ1) is 14.1. The van der Waals surface area contributed by atoms with Gasteiger partial charge in [0.15, 0.2) is 0 Å². The minimum atomic E-state index is -0.136. The van der Waals surface area contributed by atoms with Crippen molar-refractivity contribution in [3.63, 3.8) is 0 Å². The number of nitrogens with one attached hydrogen (secondary N) is 1. The van der Waals surface area contributed by atoms with E-state index in [0.29, 0.717) is 17.9 Å². The molecule has 4 heteroatoms. The van der Waals surface area contributed by atoms with Gasteiger partial charge in [0.2, 0.25) is 5.91 Å². The molecule has 0 aliphatic rings. The normalized spacial score (nSPS) is 11.4. The highest BCUT2D eigenvalue weighted by Crippen LogP contribution is 2.11. The molecular formula is C16H18N2O2. The SMILES string of the molecule is C/C(=N\NC(=O)Cc1ccc(C)cc1C)c1ccco1. The molecule has 104 valence electrons. The number of furan rings is 1. The predicted molar refractivity (Wildman–Crippen MR) is 78.7 cm³/mol. The fourth-order valence-corrected chi connectivity index (χ4v) is 1.94. The standard InChI is InChI=1S/C16H18N2O2/c1-11-6-7-14(12(2)9-11)10-16(19)18-17-13(3)15-5-4-8-20-15/h4-9H,10H2,1-3H3,(H,18,19)/b17-13+. The molecule has 0 atom stereocenters. The van der Waals surface area contributed by atoms with Crippen LogP contribution in [0.5, 0.6) is 0 Å². The lowest BCUT2D eigenvalue weighted by atomic mass is 10.0. The third-order valence-electron chi connectivity index (χ3n) is 3.08. The molecule has 0 radical (unpaired) electrons. The first-order chi connectivity index (χ1) is 9.56. The van der Waals surface area contributed by atoms with Gasteiger partial charge in [-0.2, -0.15) is 5.10 Å². The highest BCUT2D eigenvalue weighted by molar-refractivity contribution is 5.96. The fraction of sp³-hybridized carbons (Fsp3) is 0.250. The zero-order valence-corrected chi connectivity index (χ0v) is 11.9. The van der Waals surface area contributed by atoms with Gasteiger partial charge in [0.05, 0.1) is 12.7 Å². The average Bonchev–Trinajstić information content (AvgIpc) is 2.93. The molecule has 0 saturated heterocycles. The number of hydrogen-bond acceptors (Lipinski definition) is 3. The van der Waals surface area contributed by atoms with Gasteiger partial charge in [-0.05, 0) is 44.0 Å². The second-order valence-corrected chi connectivity index (χ2v) is 4.82. The molecule has 0 unspecified atom stereocenters. The molecule has 1 aromatic heterocycles. The first-order valence-corrected chi connectivity index (χ1v) is 6.49. The van der Waals surface area contributed by atoms with E-state index in [1.165, 1.54) is 5.56 Å². The maximum absolute atomic E-state index is 11.9. The second kappa shape index (κ2) is 6.19. The number of carbonyl (C=O) groups excluding carboxylic acids is 1. The highest BCUT2D eigenvalue weighted by Gasteiger charge is 2.06. The number of hydrazone groups is 1. The van der Waals surface area contributed by atoms with Crippen molar-refractivity contribution in [2.24, 2.45) is 5.10 Å². The Hall–Kier alpha value is -2.36. The van der Waals surface area contributed by atoms with E-state index < -0.39 is 0 Å². The number of benzene rings is 1. The van der Waals surface area contributed by atoms with Gasteiger partial charge in [-0.15, -0.1) is 0 Å². The predicted octanol–water partition coefficient (Wildman–Crippen LogP) is 2.98. The quantitative estimate of drug-likeness (QED) is 0.686. The lowest BCUT2D eigenvalue weighted by Crippen LogP contribution is -2.21. The van der Waals surface area contributed by atoms with Crippen LogP contribution < -0.4 is 5.43 Å². The van der Waals surface area contributed by atoms with Crippen LogP contribution in [0.15, 0.2) is 46.1 Å². The summed E-state index contributed by atoms with van der Waals surface area (Å²) >= 11 is 0. The molecule has 0 aliphatic heterocycles. The molecular weight excluding hydrogens is 252 g/mol. The third-order valence-corrected chi connectivity index (χ3v) is 3.08. The Kier molecular flexibility index (Phi) is 4.35. The summed E-state index contributed by atoms with van der Waals surface area (Å²) in [5, 5.41) is 4.03. The van der Waals surface area contributed by atoms with Crippen molar-refractivity contribution >= 4 is 11.6 Å². The number of amides is 1. The Balaban J connectivity index is 1.97. The van der Waals surface area contributed by atoms with E-state index in [4.69, 9.17) is 4.42 Å². The molecule has 1 aromatic carbocycles. The van der Waals surface area contributed by atoms with Crippen molar-refractivity contribution in [1.29, 1.82) is 0 Å². The van der Waals surface area contributed by atoms with E-state index in [1.54, 1.807) is 25.3 Å². The lowest BCUT2D eigenvalue weighted by Gasteiger charge is -2.06. The van der Waals surface area contributed by atoms with Gasteiger partial charge in [-0.3, -0.25) is 4.79 Å². The van der Waals surface area contributed by atoms with Crippen molar-refractivity contribution in [2.75, 3.05) is 0 Å². The van der Waals surface area contributed by atoms with E-state index in [2.05, 4.69) is 16.6 Å².